The highest BCUT2D eigenvalue weighted by Gasteiger charge is 2.35. The number of hydrogen-bond acceptors (Lipinski definition) is 5. The number of aliphatic imine (C=N–C) groups is 1. The summed E-state index contributed by atoms with van der Waals surface area (Å²) < 4.78 is 5.32. The van der Waals surface area contributed by atoms with Crippen LogP contribution in [0, 0.1) is 0 Å². The molecule has 134 valence electrons. The third-order valence-electron chi connectivity index (χ3n) is 4.20. The normalized spacial score (nSPS) is 14.6. The van der Waals surface area contributed by atoms with Crippen LogP contribution < -0.4 is 0 Å². The van der Waals surface area contributed by atoms with Crippen molar-refractivity contribution >= 4 is 17.8 Å². The quantitative estimate of drug-likeness (QED) is 0.773. The van der Waals surface area contributed by atoms with Gasteiger partial charge in [0.05, 0.1) is 6.54 Å². The summed E-state index contributed by atoms with van der Waals surface area (Å²) in [4.78, 5) is 29.9. The molecular weight excluding hydrogens is 332 g/mol. The SMILES string of the molecule is O=C(OCc1ccccc1)C1=NCCN1C(Cc1ccccc1)C(=O)O. The fourth-order valence-corrected chi connectivity index (χ4v) is 2.90. The second kappa shape index (κ2) is 8.29. The van der Waals surface area contributed by atoms with Crippen LogP contribution in [0.3, 0.4) is 0 Å². The van der Waals surface area contributed by atoms with Crippen LogP contribution in [0.1, 0.15) is 11.1 Å². The monoisotopic (exact) mass is 352 g/mol. The van der Waals surface area contributed by atoms with Gasteiger partial charge in [0.25, 0.3) is 0 Å². The Hall–Kier alpha value is -3.15. The minimum absolute atomic E-state index is 0.0873. The molecule has 1 N–H and O–H groups in total. The van der Waals surface area contributed by atoms with E-state index in [1.54, 1.807) is 0 Å². The maximum absolute atomic E-state index is 12.4. The first kappa shape index (κ1) is 17.7. The number of esters is 1. The fraction of sp³-hybridized carbons (Fsp3) is 0.250. The first-order valence-corrected chi connectivity index (χ1v) is 8.44. The number of carbonyl (C=O) groups is 2. The number of carboxylic acid groups (broad SMARTS) is 1. The number of carbonyl (C=O) groups excluding carboxylic acids is 1. The minimum atomic E-state index is -0.987. The molecule has 1 aliphatic heterocycles. The van der Waals surface area contributed by atoms with Gasteiger partial charge in [0.15, 0.2) is 0 Å². The van der Waals surface area contributed by atoms with Gasteiger partial charge in [0, 0.05) is 13.0 Å². The van der Waals surface area contributed by atoms with Crippen LogP contribution in [-0.2, 0) is 27.4 Å². The molecule has 1 atom stereocenters. The summed E-state index contributed by atoms with van der Waals surface area (Å²) in [6.45, 7) is 0.900. The maximum atomic E-state index is 12.4. The van der Waals surface area contributed by atoms with Crippen molar-refractivity contribution in [3.05, 3.63) is 71.8 Å². The Kier molecular flexibility index (Phi) is 5.63. The largest absolute Gasteiger partial charge is 0.480 e. The van der Waals surface area contributed by atoms with Crippen molar-refractivity contribution in [3.8, 4) is 0 Å². The van der Waals surface area contributed by atoms with Gasteiger partial charge < -0.3 is 14.7 Å². The van der Waals surface area contributed by atoms with Crippen LogP contribution in [0.25, 0.3) is 0 Å². The molecule has 0 saturated heterocycles. The molecule has 1 aliphatic rings. The molecule has 1 heterocycles. The molecule has 0 radical (unpaired) electrons. The molecule has 26 heavy (non-hydrogen) atoms. The number of hydrogen-bond donors (Lipinski definition) is 1. The van der Waals surface area contributed by atoms with Gasteiger partial charge in [-0.3, -0.25) is 4.99 Å². The molecule has 0 bridgehead atoms. The van der Waals surface area contributed by atoms with Crippen molar-refractivity contribution in [3.63, 3.8) is 0 Å². The first-order chi connectivity index (χ1) is 12.6. The molecule has 0 aliphatic carbocycles. The van der Waals surface area contributed by atoms with Gasteiger partial charge in [-0.05, 0) is 11.1 Å². The van der Waals surface area contributed by atoms with E-state index in [9.17, 15) is 14.7 Å². The van der Waals surface area contributed by atoms with Gasteiger partial charge in [-0.1, -0.05) is 60.7 Å². The summed E-state index contributed by atoms with van der Waals surface area (Å²) in [7, 11) is 0. The van der Waals surface area contributed by atoms with E-state index in [1.165, 1.54) is 4.90 Å². The molecule has 0 saturated carbocycles. The van der Waals surface area contributed by atoms with Crippen molar-refractivity contribution < 1.29 is 19.4 Å². The lowest BCUT2D eigenvalue weighted by Crippen LogP contribution is -2.47. The Labute approximate surface area is 151 Å². The van der Waals surface area contributed by atoms with Crippen molar-refractivity contribution in [2.45, 2.75) is 19.1 Å². The Morgan fingerprint density at radius 1 is 1.04 bits per heavy atom. The summed E-state index contributed by atoms with van der Waals surface area (Å²) in [5.41, 5.74) is 1.76. The second-order valence-electron chi connectivity index (χ2n) is 6.00. The zero-order valence-corrected chi connectivity index (χ0v) is 14.2. The maximum Gasteiger partial charge on any atom is 0.374 e. The molecule has 0 amide bonds. The average molecular weight is 352 g/mol. The molecular formula is C20H20N2O4. The van der Waals surface area contributed by atoms with E-state index >= 15 is 0 Å². The highest BCUT2D eigenvalue weighted by atomic mass is 16.5. The Morgan fingerprint density at radius 2 is 1.65 bits per heavy atom. The minimum Gasteiger partial charge on any atom is -0.480 e. The summed E-state index contributed by atoms with van der Waals surface area (Å²) >= 11 is 0. The lowest BCUT2D eigenvalue weighted by Gasteiger charge is -2.26. The summed E-state index contributed by atoms with van der Waals surface area (Å²) in [6, 6.07) is 17.8. The Morgan fingerprint density at radius 3 is 2.27 bits per heavy atom. The smallest absolute Gasteiger partial charge is 0.374 e. The third-order valence-corrected chi connectivity index (χ3v) is 4.20. The molecule has 0 fully saturated rings. The highest BCUT2D eigenvalue weighted by Crippen LogP contribution is 2.15. The number of ether oxygens (including phenoxy) is 1. The summed E-state index contributed by atoms with van der Waals surface area (Å²) in [5, 5.41) is 9.65. The predicted molar refractivity (Wildman–Crippen MR) is 96.8 cm³/mol. The molecule has 0 aromatic heterocycles. The highest BCUT2D eigenvalue weighted by molar-refractivity contribution is 6.36. The molecule has 3 rings (SSSR count). The van der Waals surface area contributed by atoms with Crippen molar-refractivity contribution in [1.29, 1.82) is 0 Å². The number of amidine groups is 1. The fourth-order valence-electron chi connectivity index (χ4n) is 2.90. The van der Waals surface area contributed by atoms with Gasteiger partial charge in [-0.2, -0.15) is 0 Å². The van der Waals surface area contributed by atoms with E-state index < -0.39 is 18.0 Å². The van der Waals surface area contributed by atoms with E-state index in [0.29, 0.717) is 19.5 Å². The van der Waals surface area contributed by atoms with Crippen molar-refractivity contribution in [2.24, 2.45) is 4.99 Å². The second-order valence-corrected chi connectivity index (χ2v) is 6.00. The van der Waals surface area contributed by atoms with Crippen LogP contribution >= 0.6 is 0 Å². The van der Waals surface area contributed by atoms with Crippen molar-refractivity contribution in [2.75, 3.05) is 13.1 Å². The third kappa shape index (κ3) is 4.27. The van der Waals surface area contributed by atoms with Crippen LogP contribution in [0.4, 0.5) is 0 Å². The summed E-state index contributed by atoms with van der Waals surface area (Å²) in [6.07, 6.45) is 0.293. The van der Waals surface area contributed by atoms with Crippen LogP contribution in [0.15, 0.2) is 65.7 Å². The molecule has 2 aromatic carbocycles. The average Bonchev–Trinajstić information content (AvgIpc) is 3.15. The standard InChI is InChI=1S/C20H20N2O4/c23-19(24)17(13-15-7-3-1-4-8-15)22-12-11-21-18(22)20(25)26-14-16-9-5-2-6-10-16/h1-10,17H,11-14H2,(H,23,24). The Balaban J connectivity index is 1.68. The van der Waals surface area contributed by atoms with E-state index in [4.69, 9.17) is 4.74 Å². The zero-order chi connectivity index (χ0) is 18.4. The first-order valence-electron chi connectivity index (χ1n) is 8.44. The van der Waals surface area contributed by atoms with Gasteiger partial charge in [-0.15, -0.1) is 0 Å². The van der Waals surface area contributed by atoms with E-state index in [-0.39, 0.29) is 12.4 Å². The summed E-state index contributed by atoms with van der Waals surface area (Å²) in [5.74, 6) is -1.49. The molecule has 6 nitrogen and oxygen atoms in total. The topological polar surface area (TPSA) is 79.2 Å². The zero-order valence-electron chi connectivity index (χ0n) is 14.2. The molecule has 0 spiro atoms. The van der Waals surface area contributed by atoms with Crippen LogP contribution in [0.2, 0.25) is 0 Å². The van der Waals surface area contributed by atoms with Gasteiger partial charge in [0.2, 0.25) is 5.84 Å². The predicted octanol–water partition coefficient (Wildman–Crippen LogP) is 2.14. The molecule has 1 unspecified atom stereocenters. The number of aliphatic carboxylic acids is 1. The van der Waals surface area contributed by atoms with E-state index in [1.807, 2.05) is 60.7 Å². The van der Waals surface area contributed by atoms with Crippen molar-refractivity contribution in [1.82, 2.24) is 4.90 Å². The number of nitrogens with zero attached hydrogens (tertiary/aromatic N) is 2. The number of rotatable bonds is 7. The van der Waals surface area contributed by atoms with Crippen LogP contribution in [0.5, 0.6) is 0 Å². The molecule has 2 aromatic rings. The van der Waals surface area contributed by atoms with Gasteiger partial charge in [-0.25, -0.2) is 9.59 Å². The Bertz CT molecular complexity index is 790. The molecule has 6 heteroatoms. The van der Waals surface area contributed by atoms with E-state index in [2.05, 4.69) is 4.99 Å². The number of carboxylic acids is 1. The number of benzene rings is 2. The van der Waals surface area contributed by atoms with Gasteiger partial charge in [0.1, 0.15) is 12.6 Å². The lowest BCUT2D eigenvalue weighted by atomic mass is 10.0. The van der Waals surface area contributed by atoms with E-state index in [0.717, 1.165) is 11.1 Å². The lowest BCUT2D eigenvalue weighted by molar-refractivity contribution is -0.142. The van der Waals surface area contributed by atoms with Gasteiger partial charge >= 0.3 is 11.9 Å². The van der Waals surface area contributed by atoms with Crippen LogP contribution in [-0.4, -0.2) is 46.9 Å².